The van der Waals surface area contributed by atoms with E-state index in [9.17, 15) is 28.1 Å². The number of fused-ring (bicyclic) bond motifs is 1. The number of aromatic nitrogens is 2. The van der Waals surface area contributed by atoms with Crippen LogP contribution in [0.3, 0.4) is 0 Å². The number of carbonyl (C=O) groups is 1. The van der Waals surface area contributed by atoms with E-state index in [-0.39, 0.29) is 17.2 Å². The molecule has 0 aliphatic rings. The van der Waals surface area contributed by atoms with Gasteiger partial charge in [0.2, 0.25) is 5.91 Å². The average molecular weight is 424 g/mol. The number of alkyl halides is 3. The predicted molar refractivity (Wildman–Crippen MR) is 101 cm³/mol. The maximum Gasteiger partial charge on any atom is 0.416 e. The number of nitro groups is 1. The highest BCUT2D eigenvalue weighted by Gasteiger charge is 2.33. The SMILES string of the molecule is Cn1c(CNC(=O)CSc2ccc(C(F)(F)F)cc2[N+](=O)[O-])nc2ccccc21. The summed E-state index contributed by atoms with van der Waals surface area (Å²) < 4.78 is 40.1. The number of nitrogens with one attached hydrogen (secondary N) is 1. The first kappa shape index (κ1) is 20.6. The van der Waals surface area contributed by atoms with Gasteiger partial charge in [-0.15, -0.1) is 11.8 Å². The van der Waals surface area contributed by atoms with E-state index in [0.29, 0.717) is 11.9 Å². The summed E-state index contributed by atoms with van der Waals surface area (Å²) in [5.74, 6) is 0.0252. The quantitative estimate of drug-likeness (QED) is 0.368. The van der Waals surface area contributed by atoms with Crippen molar-refractivity contribution < 1.29 is 22.9 Å². The third-order valence-electron chi connectivity index (χ3n) is 4.17. The lowest BCUT2D eigenvalue weighted by atomic mass is 10.2. The van der Waals surface area contributed by atoms with Crippen LogP contribution >= 0.6 is 11.8 Å². The van der Waals surface area contributed by atoms with Crippen molar-refractivity contribution >= 4 is 34.4 Å². The maximum atomic E-state index is 12.7. The van der Waals surface area contributed by atoms with E-state index in [1.165, 1.54) is 0 Å². The van der Waals surface area contributed by atoms with Crippen molar-refractivity contribution in [2.45, 2.75) is 17.6 Å². The summed E-state index contributed by atoms with van der Waals surface area (Å²) >= 11 is 0.799. The first-order chi connectivity index (χ1) is 13.7. The van der Waals surface area contributed by atoms with E-state index in [4.69, 9.17) is 0 Å². The number of thioether (sulfide) groups is 1. The van der Waals surface area contributed by atoms with Crippen LogP contribution in [0.2, 0.25) is 0 Å². The van der Waals surface area contributed by atoms with Gasteiger partial charge in [0.05, 0.1) is 38.7 Å². The van der Waals surface area contributed by atoms with Crippen molar-refractivity contribution in [1.82, 2.24) is 14.9 Å². The largest absolute Gasteiger partial charge is 0.416 e. The van der Waals surface area contributed by atoms with E-state index < -0.39 is 28.3 Å². The maximum absolute atomic E-state index is 12.7. The van der Waals surface area contributed by atoms with Crippen molar-refractivity contribution in [3.8, 4) is 0 Å². The number of amides is 1. The van der Waals surface area contributed by atoms with Gasteiger partial charge in [0.1, 0.15) is 5.82 Å². The number of benzene rings is 2. The van der Waals surface area contributed by atoms with Gasteiger partial charge in [0, 0.05) is 13.1 Å². The molecule has 3 aromatic rings. The predicted octanol–water partition coefficient (Wildman–Crippen LogP) is 3.91. The molecule has 1 N–H and O–H groups in total. The Bertz CT molecular complexity index is 1080. The number of para-hydroxylation sites is 2. The summed E-state index contributed by atoms with van der Waals surface area (Å²) in [5.41, 5.74) is -0.103. The number of aryl methyl sites for hydroxylation is 1. The first-order valence-electron chi connectivity index (χ1n) is 8.32. The Kier molecular flexibility index (Phi) is 5.78. The molecule has 29 heavy (non-hydrogen) atoms. The lowest BCUT2D eigenvalue weighted by Gasteiger charge is -2.09. The summed E-state index contributed by atoms with van der Waals surface area (Å²) in [6.07, 6.45) is -4.68. The van der Waals surface area contributed by atoms with E-state index in [1.54, 1.807) is 0 Å². The topological polar surface area (TPSA) is 90.1 Å². The molecule has 0 spiro atoms. The fourth-order valence-corrected chi connectivity index (χ4v) is 3.52. The van der Waals surface area contributed by atoms with Gasteiger partial charge in [-0.05, 0) is 24.3 Å². The highest BCUT2D eigenvalue weighted by Crippen LogP contribution is 2.36. The van der Waals surface area contributed by atoms with Gasteiger partial charge in [-0.2, -0.15) is 13.2 Å². The van der Waals surface area contributed by atoms with Crippen LogP contribution in [0.15, 0.2) is 47.4 Å². The molecule has 1 heterocycles. The summed E-state index contributed by atoms with van der Waals surface area (Å²) in [6.45, 7) is 0.152. The number of halogens is 3. The number of rotatable bonds is 6. The summed E-state index contributed by atoms with van der Waals surface area (Å²) in [6, 6.07) is 9.70. The van der Waals surface area contributed by atoms with Gasteiger partial charge in [0.15, 0.2) is 0 Å². The molecule has 2 aromatic carbocycles. The molecule has 152 valence electrons. The highest BCUT2D eigenvalue weighted by atomic mass is 32.2. The van der Waals surface area contributed by atoms with E-state index >= 15 is 0 Å². The van der Waals surface area contributed by atoms with Crippen LogP contribution in [-0.4, -0.2) is 26.1 Å². The molecule has 0 radical (unpaired) electrons. The number of nitro benzene ring substituents is 1. The van der Waals surface area contributed by atoms with Gasteiger partial charge in [0.25, 0.3) is 5.69 Å². The first-order valence-corrected chi connectivity index (χ1v) is 9.31. The van der Waals surface area contributed by atoms with Gasteiger partial charge in [-0.1, -0.05) is 12.1 Å². The minimum atomic E-state index is -4.68. The lowest BCUT2D eigenvalue weighted by molar-refractivity contribution is -0.388. The molecular weight excluding hydrogens is 409 g/mol. The molecule has 7 nitrogen and oxygen atoms in total. The van der Waals surface area contributed by atoms with Crippen LogP contribution in [0.5, 0.6) is 0 Å². The van der Waals surface area contributed by atoms with Crippen molar-refractivity contribution in [3.63, 3.8) is 0 Å². The Hall–Kier alpha value is -3.08. The Balaban J connectivity index is 1.64. The fourth-order valence-electron chi connectivity index (χ4n) is 2.68. The summed E-state index contributed by atoms with van der Waals surface area (Å²) in [4.78, 5) is 26.7. The number of hydrogen-bond donors (Lipinski definition) is 1. The van der Waals surface area contributed by atoms with Crippen LogP contribution in [0.1, 0.15) is 11.4 Å². The van der Waals surface area contributed by atoms with Crippen LogP contribution in [-0.2, 0) is 24.6 Å². The average Bonchev–Trinajstić information content (AvgIpc) is 3.00. The highest BCUT2D eigenvalue weighted by molar-refractivity contribution is 8.00. The molecule has 0 bridgehead atoms. The van der Waals surface area contributed by atoms with E-state index in [1.807, 2.05) is 35.9 Å². The summed E-state index contributed by atoms with van der Waals surface area (Å²) in [7, 11) is 1.82. The van der Waals surface area contributed by atoms with Crippen LogP contribution in [0, 0.1) is 10.1 Å². The van der Waals surface area contributed by atoms with E-state index in [0.717, 1.165) is 34.9 Å². The van der Waals surface area contributed by atoms with Crippen LogP contribution < -0.4 is 5.32 Å². The minimum Gasteiger partial charge on any atom is -0.348 e. The van der Waals surface area contributed by atoms with Crippen LogP contribution in [0.4, 0.5) is 18.9 Å². The standard InChI is InChI=1S/C18H15F3N4O3S/c1-24-13-5-3-2-4-12(13)23-16(24)9-22-17(26)10-29-15-7-6-11(18(19,20)21)8-14(15)25(27)28/h2-8H,9-10H2,1H3,(H,22,26). The van der Waals surface area contributed by atoms with Gasteiger partial charge in [-0.3, -0.25) is 14.9 Å². The molecule has 3 rings (SSSR count). The van der Waals surface area contributed by atoms with Crippen molar-refractivity contribution in [2.75, 3.05) is 5.75 Å². The zero-order chi connectivity index (χ0) is 21.2. The molecule has 11 heteroatoms. The second kappa shape index (κ2) is 8.11. The Labute approximate surface area is 167 Å². The Morgan fingerprint density at radius 2 is 2.00 bits per heavy atom. The second-order valence-electron chi connectivity index (χ2n) is 6.08. The Morgan fingerprint density at radius 1 is 1.28 bits per heavy atom. The van der Waals surface area contributed by atoms with Gasteiger partial charge < -0.3 is 9.88 Å². The molecule has 0 saturated heterocycles. The smallest absolute Gasteiger partial charge is 0.348 e. The molecule has 1 aromatic heterocycles. The molecule has 0 saturated carbocycles. The monoisotopic (exact) mass is 424 g/mol. The summed E-state index contributed by atoms with van der Waals surface area (Å²) in [5, 5.41) is 13.8. The number of imidazole rings is 1. The Morgan fingerprint density at radius 3 is 2.66 bits per heavy atom. The van der Waals surface area contributed by atoms with Crippen molar-refractivity contribution in [2.24, 2.45) is 7.05 Å². The van der Waals surface area contributed by atoms with Gasteiger partial charge >= 0.3 is 6.18 Å². The van der Waals surface area contributed by atoms with Crippen molar-refractivity contribution in [1.29, 1.82) is 0 Å². The fraction of sp³-hybridized carbons (Fsp3) is 0.222. The molecular formula is C18H15F3N4O3S. The molecule has 0 unspecified atom stereocenters. The minimum absolute atomic E-state index is 0.0131. The molecule has 0 fully saturated rings. The normalized spacial score (nSPS) is 11.6. The van der Waals surface area contributed by atoms with Gasteiger partial charge in [-0.25, -0.2) is 4.98 Å². The number of hydrogen-bond acceptors (Lipinski definition) is 5. The molecule has 1 amide bonds. The number of nitrogens with zero attached hydrogens (tertiary/aromatic N) is 3. The van der Waals surface area contributed by atoms with Crippen LogP contribution in [0.25, 0.3) is 11.0 Å². The second-order valence-corrected chi connectivity index (χ2v) is 7.10. The zero-order valence-corrected chi connectivity index (χ0v) is 15.9. The lowest BCUT2D eigenvalue weighted by Crippen LogP contribution is -2.26. The third-order valence-corrected chi connectivity index (χ3v) is 5.23. The third kappa shape index (κ3) is 4.67. The van der Waals surface area contributed by atoms with Crippen molar-refractivity contribution in [3.05, 3.63) is 64.0 Å². The number of carbonyl (C=O) groups excluding carboxylic acids is 1. The van der Waals surface area contributed by atoms with E-state index in [2.05, 4.69) is 10.3 Å². The molecule has 0 aliphatic heterocycles. The zero-order valence-electron chi connectivity index (χ0n) is 15.1. The molecule has 0 aliphatic carbocycles. The molecule has 0 atom stereocenters.